The maximum Gasteiger partial charge on any atom is 0.0647 e. The van der Waals surface area contributed by atoms with Crippen molar-refractivity contribution in [3.63, 3.8) is 0 Å². The van der Waals surface area contributed by atoms with E-state index in [0.717, 1.165) is 6.61 Å². The average molecular weight is 297 g/mol. The van der Waals surface area contributed by atoms with E-state index < -0.39 is 0 Å². The van der Waals surface area contributed by atoms with Crippen LogP contribution in [0.4, 0.5) is 0 Å². The maximum atomic E-state index is 5.63. The Hall–Kier alpha value is -0.160. The van der Waals surface area contributed by atoms with Gasteiger partial charge in [-0.1, -0.05) is 0 Å². The minimum absolute atomic E-state index is 0.281. The SMILES string of the molecule is COCC1(N2CCN(C(C)C)CC2)CCN(C(C)C)CC1. The van der Waals surface area contributed by atoms with E-state index in [1.807, 2.05) is 7.11 Å². The molecule has 2 aliphatic heterocycles. The number of hydrogen-bond donors (Lipinski definition) is 0. The molecule has 0 amide bonds. The van der Waals surface area contributed by atoms with E-state index in [1.165, 1.54) is 52.1 Å². The van der Waals surface area contributed by atoms with Crippen molar-refractivity contribution in [3.05, 3.63) is 0 Å². The fourth-order valence-electron chi connectivity index (χ4n) is 3.99. The Labute approximate surface area is 131 Å². The van der Waals surface area contributed by atoms with E-state index in [9.17, 15) is 0 Å². The van der Waals surface area contributed by atoms with Gasteiger partial charge in [-0.15, -0.1) is 0 Å². The summed E-state index contributed by atoms with van der Waals surface area (Å²) < 4.78 is 5.63. The summed E-state index contributed by atoms with van der Waals surface area (Å²) in [6.07, 6.45) is 2.50. The monoisotopic (exact) mass is 297 g/mol. The first-order chi connectivity index (χ1) is 9.98. The van der Waals surface area contributed by atoms with Gasteiger partial charge in [-0.25, -0.2) is 0 Å². The number of hydrogen-bond acceptors (Lipinski definition) is 4. The number of piperidine rings is 1. The van der Waals surface area contributed by atoms with E-state index in [-0.39, 0.29) is 5.54 Å². The molecule has 0 radical (unpaired) electrons. The van der Waals surface area contributed by atoms with Crippen LogP contribution in [0, 0.1) is 0 Å². The summed E-state index contributed by atoms with van der Waals surface area (Å²) in [6, 6.07) is 1.34. The van der Waals surface area contributed by atoms with E-state index >= 15 is 0 Å². The lowest BCUT2D eigenvalue weighted by Crippen LogP contribution is -2.63. The van der Waals surface area contributed by atoms with Crippen LogP contribution in [0.15, 0.2) is 0 Å². The third kappa shape index (κ3) is 3.98. The van der Waals surface area contributed by atoms with Gasteiger partial charge in [0.15, 0.2) is 0 Å². The first kappa shape index (κ1) is 17.2. The molecule has 0 aromatic carbocycles. The lowest BCUT2D eigenvalue weighted by Gasteiger charge is -2.52. The molecular weight excluding hydrogens is 262 g/mol. The fraction of sp³-hybridized carbons (Fsp3) is 1.00. The Morgan fingerprint density at radius 2 is 1.29 bits per heavy atom. The molecule has 2 heterocycles. The molecule has 0 unspecified atom stereocenters. The molecule has 0 aromatic heterocycles. The molecule has 0 N–H and O–H groups in total. The standard InChI is InChI=1S/C17H35N3O/c1-15(2)18-8-6-17(7-9-18,14-21-5)20-12-10-19(11-13-20)16(3)4/h15-16H,6-14H2,1-5H3. The third-order valence-corrected chi connectivity index (χ3v) is 5.59. The normalized spacial score (nSPS) is 25.9. The van der Waals surface area contributed by atoms with Gasteiger partial charge in [0, 0.05) is 64.0 Å². The van der Waals surface area contributed by atoms with Crippen LogP contribution in [0.25, 0.3) is 0 Å². The largest absolute Gasteiger partial charge is 0.383 e. The summed E-state index contributed by atoms with van der Waals surface area (Å²) in [5.74, 6) is 0. The predicted octanol–water partition coefficient (Wildman–Crippen LogP) is 1.90. The van der Waals surface area contributed by atoms with Crippen LogP contribution in [-0.2, 0) is 4.74 Å². The number of rotatable bonds is 5. The summed E-state index contributed by atoms with van der Waals surface area (Å²) >= 11 is 0. The fourth-order valence-corrected chi connectivity index (χ4v) is 3.99. The van der Waals surface area contributed by atoms with Crippen molar-refractivity contribution in [1.82, 2.24) is 14.7 Å². The summed E-state index contributed by atoms with van der Waals surface area (Å²) in [7, 11) is 1.86. The van der Waals surface area contributed by atoms with E-state index in [4.69, 9.17) is 4.74 Å². The molecule has 0 aliphatic carbocycles. The van der Waals surface area contributed by atoms with Crippen molar-refractivity contribution < 1.29 is 4.74 Å². The minimum atomic E-state index is 0.281. The van der Waals surface area contributed by atoms with Gasteiger partial charge in [-0.05, 0) is 40.5 Å². The second kappa shape index (κ2) is 7.40. The molecule has 0 bridgehead atoms. The Bertz CT molecular complexity index is 303. The molecule has 21 heavy (non-hydrogen) atoms. The van der Waals surface area contributed by atoms with Crippen LogP contribution in [0.3, 0.4) is 0 Å². The summed E-state index contributed by atoms with van der Waals surface area (Å²) in [5, 5.41) is 0. The van der Waals surface area contributed by atoms with E-state index in [0.29, 0.717) is 12.1 Å². The second-order valence-corrected chi connectivity index (χ2v) is 7.40. The molecule has 2 fully saturated rings. The summed E-state index contributed by atoms with van der Waals surface area (Å²) in [4.78, 5) is 7.94. The number of piperazine rings is 1. The molecule has 124 valence electrons. The van der Waals surface area contributed by atoms with Gasteiger partial charge in [0.1, 0.15) is 0 Å². The number of nitrogens with zero attached hydrogens (tertiary/aromatic N) is 3. The lowest BCUT2D eigenvalue weighted by molar-refractivity contribution is -0.0591. The van der Waals surface area contributed by atoms with Gasteiger partial charge in [0.2, 0.25) is 0 Å². The molecule has 2 aliphatic rings. The van der Waals surface area contributed by atoms with Crippen molar-refractivity contribution in [1.29, 1.82) is 0 Å². The zero-order valence-electron chi connectivity index (χ0n) is 14.8. The van der Waals surface area contributed by atoms with Gasteiger partial charge in [-0.3, -0.25) is 9.80 Å². The van der Waals surface area contributed by atoms with Gasteiger partial charge in [0.05, 0.1) is 6.61 Å². The van der Waals surface area contributed by atoms with Crippen LogP contribution < -0.4 is 0 Å². The molecule has 4 nitrogen and oxygen atoms in total. The number of ether oxygens (including phenoxy) is 1. The zero-order valence-corrected chi connectivity index (χ0v) is 14.8. The Morgan fingerprint density at radius 1 is 0.810 bits per heavy atom. The highest BCUT2D eigenvalue weighted by atomic mass is 16.5. The molecule has 0 aromatic rings. The molecule has 0 atom stereocenters. The lowest BCUT2D eigenvalue weighted by atomic mass is 9.85. The van der Waals surface area contributed by atoms with Crippen molar-refractivity contribution in [2.75, 3.05) is 53.0 Å². The van der Waals surface area contributed by atoms with Crippen LogP contribution >= 0.6 is 0 Å². The second-order valence-electron chi connectivity index (χ2n) is 7.40. The van der Waals surface area contributed by atoms with Crippen molar-refractivity contribution in [3.8, 4) is 0 Å². The Balaban J connectivity index is 1.97. The highest BCUT2D eigenvalue weighted by molar-refractivity contribution is 4.97. The molecule has 0 saturated carbocycles. The first-order valence-electron chi connectivity index (χ1n) is 8.70. The molecule has 2 rings (SSSR count). The van der Waals surface area contributed by atoms with Crippen molar-refractivity contribution >= 4 is 0 Å². The number of likely N-dealkylation sites (tertiary alicyclic amines) is 1. The van der Waals surface area contributed by atoms with E-state index in [2.05, 4.69) is 42.4 Å². The van der Waals surface area contributed by atoms with Crippen LogP contribution in [0.2, 0.25) is 0 Å². The van der Waals surface area contributed by atoms with E-state index in [1.54, 1.807) is 0 Å². The van der Waals surface area contributed by atoms with Crippen LogP contribution in [0.5, 0.6) is 0 Å². The van der Waals surface area contributed by atoms with Crippen molar-refractivity contribution in [2.45, 2.75) is 58.2 Å². The average Bonchev–Trinajstić information content (AvgIpc) is 2.48. The topological polar surface area (TPSA) is 19.0 Å². The number of methoxy groups -OCH3 is 1. The van der Waals surface area contributed by atoms with Crippen LogP contribution in [-0.4, -0.2) is 85.3 Å². The van der Waals surface area contributed by atoms with Gasteiger partial charge in [-0.2, -0.15) is 0 Å². The highest BCUT2D eigenvalue weighted by Crippen LogP contribution is 2.31. The van der Waals surface area contributed by atoms with Gasteiger partial charge in [0.25, 0.3) is 0 Å². The molecule has 4 heteroatoms. The predicted molar refractivity (Wildman–Crippen MR) is 88.8 cm³/mol. The molecule has 0 spiro atoms. The summed E-state index contributed by atoms with van der Waals surface area (Å²) in [6.45, 7) is 17.4. The molecular formula is C17H35N3O. The Morgan fingerprint density at radius 3 is 1.71 bits per heavy atom. The smallest absolute Gasteiger partial charge is 0.0647 e. The maximum absolute atomic E-state index is 5.63. The minimum Gasteiger partial charge on any atom is -0.383 e. The zero-order chi connectivity index (χ0) is 15.5. The summed E-state index contributed by atoms with van der Waals surface area (Å²) in [5.41, 5.74) is 0.281. The quantitative estimate of drug-likeness (QED) is 0.771. The molecule has 2 saturated heterocycles. The third-order valence-electron chi connectivity index (χ3n) is 5.59. The highest BCUT2D eigenvalue weighted by Gasteiger charge is 2.41. The first-order valence-corrected chi connectivity index (χ1v) is 8.70. The van der Waals surface area contributed by atoms with Gasteiger partial charge >= 0.3 is 0 Å². The van der Waals surface area contributed by atoms with Crippen molar-refractivity contribution in [2.24, 2.45) is 0 Å². The van der Waals surface area contributed by atoms with Crippen LogP contribution in [0.1, 0.15) is 40.5 Å². The Kier molecular flexibility index (Phi) is 6.06. The van der Waals surface area contributed by atoms with Gasteiger partial charge < -0.3 is 9.64 Å².